The Morgan fingerprint density at radius 1 is 1.23 bits per heavy atom. The molecule has 4 N–H and O–H groups in total. The highest BCUT2D eigenvalue weighted by Gasteiger charge is 2.18. The van der Waals surface area contributed by atoms with Crippen LogP contribution in [-0.2, 0) is 6.54 Å². The summed E-state index contributed by atoms with van der Waals surface area (Å²) in [6.45, 7) is 3.45. The Hall–Kier alpha value is -3.19. The van der Waals surface area contributed by atoms with Gasteiger partial charge in [0.05, 0.1) is 11.6 Å². The lowest BCUT2D eigenvalue weighted by molar-refractivity contribution is 0.0950. The van der Waals surface area contributed by atoms with Crippen molar-refractivity contribution in [3.8, 4) is 0 Å². The fraction of sp³-hybridized carbons (Fsp3) is 0.304. The van der Waals surface area contributed by atoms with E-state index < -0.39 is 5.82 Å². The normalized spacial score (nSPS) is 14.8. The van der Waals surface area contributed by atoms with Crippen molar-refractivity contribution in [2.75, 3.05) is 23.7 Å². The van der Waals surface area contributed by atoms with Crippen molar-refractivity contribution < 1.29 is 14.3 Å². The van der Waals surface area contributed by atoms with Crippen LogP contribution in [0, 0.1) is 12.7 Å². The molecule has 0 unspecified atom stereocenters. The molecule has 0 aliphatic carbocycles. The number of pyridine rings is 1. The number of carbonyl (C=O) groups excluding carboxylic acids is 1. The summed E-state index contributed by atoms with van der Waals surface area (Å²) in [5, 5.41) is 13.3. The molecule has 1 aliphatic rings. The van der Waals surface area contributed by atoms with E-state index in [2.05, 4.69) is 10.2 Å². The van der Waals surface area contributed by atoms with E-state index in [0.717, 1.165) is 48.2 Å². The molecule has 0 spiro atoms. The summed E-state index contributed by atoms with van der Waals surface area (Å²) in [5.74, 6) is 0.166. The molecule has 3 aromatic rings. The van der Waals surface area contributed by atoms with Crippen LogP contribution in [0.4, 0.5) is 15.9 Å². The average Bonchev–Trinajstić information content (AvgIpc) is 2.75. The molecule has 0 saturated carbocycles. The third-order valence-corrected chi connectivity index (χ3v) is 5.60. The number of carbonyl (C=O) groups is 1. The summed E-state index contributed by atoms with van der Waals surface area (Å²) >= 11 is 0. The number of nitrogens with two attached hydrogens (primary N) is 1. The number of nitrogen functional groups attached to an aromatic ring is 1. The highest BCUT2D eigenvalue weighted by atomic mass is 19.1. The fourth-order valence-electron chi connectivity index (χ4n) is 3.70. The predicted octanol–water partition coefficient (Wildman–Crippen LogP) is 3.16. The average molecular weight is 408 g/mol. The van der Waals surface area contributed by atoms with Crippen molar-refractivity contribution >= 4 is 28.3 Å². The Balaban J connectivity index is 1.47. The molecule has 1 amide bonds. The molecule has 1 aliphatic heterocycles. The Morgan fingerprint density at radius 2 is 2.00 bits per heavy atom. The second kappa shape index (κ2) is 8.28. The number of rotatable bonds is 4. The highest BCUT2D eigenvalue weighted by molar-refractivity contribution is 5.98. The molecular weight excluding hydrogens is 383 g/mol. The SMILES string of the molecule is Cc1cc(CNC(=O)c2ccc3nc(N4CCC(O)CC4)ccc3c2)c(F)cc1N. The smallest absolute Gasteiger partial charge is 0.251 e. The minimum atomic E-state index is -0.432. The first-order valence-corrected chi connectivity index (χ1v) is 10.1. The number of nitrogens with zero attached hydrogens (tertiary/aromatic N) is 2. The summed E-state index contributed by atoms with van der Waals surface area (Å²) in [4.78, 5) is 19.4. The number of piperidine rings is 1. The van der Waals surface area contributed by atoms with Crippen molar-refractivity contribution in [2.45, 2.75) is 32.4 Å². The Bertz CT molecular complexity index is 1090. The largest absolute Gasteiger partial charge is 0.398 e. The van der Waals surface area contributed by atoms with Crippen LogP contribution in [0.15, 0.2) is 42.5 Å². The monoisotopic (exact) mass is 408 g/mol. The van der Waals surface area contributed by atoms with E-state index in [1.807, 2.05) is 18.2 Å². The van der Waals surface area contributed by atoms with Crippen LogP contribution < -0.4 is 16.0 Å². The van der Waals surface area contributed by atoms with Gasteiger partial charge in [0.25, 0.3) is 5.91 Å². The fourth-order valence-corrected chi connectivity index (χ4v) is 3.70. The second-order valence-corrected chi connectivity index (χ2v) is 7.78. The van der Waals surface area contributed by atoms with Gasteiger partial charge in [0.1, 0.15) is 11.6 Å². The molecule has 1 aromatic heterocycles. The summed E-state index contributed by atoms with van der Waals surface area (Å²) in [7, 11) is 0. The second-order valence-electron chi connectivity index (χ2n) is 7.78. The zero-order chi connectivity index (χ0) is 21.3. The summed E-state index contributed by atoms with van der Waals surface area (Å²) < 4.78 is 14.0. The first-order valence-electron chi connectivity index (χ1n) is 10.1. The molecule has 1 saturated heterocycles. The predicted molar refractivity (Wildman–Crippen MR) is 116 cm³/mol. The topological polar surface area (TPSA) is 91.5 Å². The summed E-state index contributed by atoms with van der Waals surface area (Å²) in [6, 6.07) is 12.1. The number of fused-ring (bicyclic) bond motifs is 1. The number of aromatic nitrogens is 1. The molecule has 0 radical (unpaired) electrons. The third kappa shape index (κ3) is 4.21. The molecule has 30 heavy (non-hydrogen) atoms. The molecule has 2 aromatic carbocycles. The first kappa shape index (κ1) is 20.1. The van der Waals surface area contributed by atoms with Gasteiger partial charge in [-0.1, -0.05) is 0 Å². The van der Waals surface area contributed by atoms with Crippen molar-refractivity contribution in [1.29, 1.82) is 0 Å². The Kier molecular flexibility index (Phi) is 5.55. The lowest BCUT2D eigenvalue weighted by Crippen LogP contribution is -2.36. The molecule has 0 atom stereocenters. The number of aliphatic hydroxyl groups is 1. The van der Waals surface area contributed by atoms with E-state index in [-0.39, 0.29) is 18.6 Å². The van der Waals surface area contributed by atoms with Gasteiger partial charge in [-0.05, 0) is 67.8 Å². The van der Waals surface area contributed by atoms with Gasteiger partial charge in [-0.15, -0.1) is 0 Å². The van der Waals surface area contributed by atoms with Crippen LogP contribution in [0.5, 0.6) is 0 Å². The van der Waals surface area contributed by atoms with Gasteiger partial charge in [-0.25, -0.2) is 9.37 Å². The van der Waals surface area contributed by atoms with Crippen LogP contribution in [0.3, 0.4) is 0 Å². The van der Waals surface area contributed by atoms with Crippen LogP contribution in [0.2, 0.25) is 0 Å². The number of hydrogen-bond acceptors (Lipinski definition) is 5. The summed E-state index contributed by atoms with van der Waals surface area (Å²) in [5.41, 5.74) is 8.56. The lowest BCUT2D eigenvalue weighted by atomic mass is 10.1. The van der Waals surface area contributed by atoms with Crippen molar-refractivity contribution in [3.63, 3.8) is 0 Å². The standard InChI is InChI=1S/C23H25FN4O2/c1-14-10-17(19(24)12-20(14)25)13-26-23(30)16-2-4-21-15(11-16)3-5-22(27-21)28-8-6-18(29)7-9-28/h2-5,10-12,18,29H,6-9,13,25H2,1H3,(H,26,30). The number of aryl methyl sites for hydroxylation is 1. The van der Waals surface area contributed by atoms with Gasteiger partial charge in [0.15, 0.2) is 0 Å². The van der Waals surface area contributed by atoms with Crippen molar-refractivity contribution in [2.24, 2.45) is 0 Å². The number of anilines is 2. The number of aliphatic hydroxyl groups excluding tert-OH is 1. The number of hydrogen-bond donors (Lipinski definition) is 3. The minimum Gasteiger partial charge on any atom is -0.398 e. The minimum absolute atomic E-state index is 0.0851. The first-order chi connectivity index (χ1) is 14.4. The molecule has 1 fully saturated rings. The van der Waals surface area contributed by atoms with Gasteiger partial charge in [0, 0.05) is 41.8 Å². The number of halogens is 1. The Labute approximate surface area is 174 Å². The van der Waals surface area contributed by atoms with Crippen LogP contribution in [0.1, 0.15) is 34.3 Å². The maximum Gasteiger partial charge on any atom is 0.251 e. The van der Waals surface area contributed by atoms with Gasteiger partial charge in [0.2, 0.25) is 0 Å². The van der Waals surface area contributed by atoms with E-state index >= 15 is 0 Å². The molecule has 6 nitrogen and oxygen atoms in total. The molecule has 7 heteroatoms. The van der Waals surface area contributed by atoms with Gasteiger partial charge < -0.3 is 21.1 Å². The van der Waals surface area contributed by atoms with Crippen molar-refractivity contribution in [3.05, 3.63) is 65.0 Å². The number of benzene rings is 2. The molecular formula is C23H25FN4O2. The van der Waals surface area contributed by atoms with E-state index in [4.69, 9.17) is 10.7 Å². The third-order valence-electron chi connectivity index (χ3n) is 5.60. The zero-order valence-corrected chi connectivity index (χ0v) is 16.9. The van der Waals surface area contributed by atoms with E-state index in [0.29, 0.717) is 16.8 Å². The van der Waals surface area contributed by atoms with E-state index in [1.54, 1.807) is 25.1 Å². The van der Waals surface area contributed by atoms with Gasteiger partial charge in [-0.2, -0.15) is 0 Å². The molecule has 0 bridgehead atoms. The highest BCUT2D eigenvalue weighted by Crippen LogP contribution is 2.23. The maximum atomic E-state index is 14.0. The molecule has 156 valence electrons. The zero-order valence-electron chi connectivity index (χ0n) is 16.9. The number of nitrogens with one attached hydrogen (secondary N) is 1. The van der Waals surface area contributed by atoms with Crippen molar-refractivity contribution in [1.82, 2.24) is 10.3 Å². The van der Waals surface area contributed by atoms with E-state index in [1.165, 1.54) is 6.07 Å². The Morgan fingerprint density at radius 3 is 2.77 bits per heavy atom. The summed E-state index contributed by atoms with van der Waals surface area (Å²) in [6.07, 6.45) is 1.26. The number of amides is 1. The quantitative estimate of drug-likeness (QED) is 0.577. The maximum absolute atomic E-state index is 14.0. The van der Waals surface area contributed by atoms with Crippen LogP contribution in [0.25, 0.3) is 10.9 Å². The van der Waals surface area contributed by atoms with E-state index in [9.17, 15) is 14.3 Å². The molecule has 4 rings (SSSR count). The van der Waals surface area contributed by atoms with Crippen LogP contribution in [-0.4, -0.2) is 35.2 Å². The van der Waals surface area contributed by atoms with Gasteiger partial charge in [-0.3, -0.25) is 4.79 Å². The lowest BCUT2D eigenvalue weighted by Gasteiger charge is -2.30. The molecule has 2 heterocycles. The van der Waals surface area contributed by atoms with Crippen LogP contribution >= 0.6 is 0 Å². The van der Waals surface area contributed by atoms with Gasteiger partial charge >= 0.3 is 0 Å².